The van der Waals surface area contributed by atoms with Crippen LogP contribution in [0.15, 0.2) is 29.2 Å². The van der Waals surface area contributed by atoms with E-state index in [0.717, 1.165) is 5.56 Å². The predicted octanol–water partition coefficient (Wildman–Crippen LogP) is 2.11. The second-order valence-electron chi connectivity index (χ2n) is 4.71. The van der Waals surface area contributed by atoms with Crippen LogP contribution in [0.4, 0.5) is 0 Å². The Bertz CT molecular complexity index is 568. The summed E-state index contributed by atoms with van der Waals surface area (Å²) in [6, 6.07) is 6.78. The summed E-state index contributed by atoms with van der Waals surface area (Å²) < 4.78 is 26.4. The van der Waals surface area contributed by atoms with Gasteiger partial charge in [-0.25, -0.2) is 8.42 Å². The third kappa shape index (κ3) is 3.24. The zero-order chi connectivity index (χ0) is 14.0. The number of rotatable bonds is 2. The maximum Gasteiger partial charge on any atom is 0.243 e. The number of hydrogen-bond donors (Lipinski definition) is 0. The van der Waals surface area contributed by atoms with Gasteiger partial charge in [0.2, 0.25) is 10.0 Å². The molecule has 1 aromatic rings. The van der Waals surface area contributed by atoms with Crippen molar-refractivity contribution < 1.29 is 13.2 Å². The molecule has 2 rings (SSSR count). The quantitative estimate of drug-likeness (QED) is 0.771. The average Bonchev–Trinajstić information content (AvgIpc) is 2.53. The topological polar surface area (TPSA) is 54.5 Å². The zero-order valence-electron chi connectivity index (χ0n) is 10.7. The number of aryl methyl sites for hydroxylation is 1. The Kier molecular flexibility index (Phi) is 4.43. The maximum absolute atomic E-state index is 12.5. The van der Waals surface area contributed by atoms with Gasteiger partial charge in [0.05, 0.1) is 9.72 Å². The van der Waals surface area contributed by atoms with Crippen LogP contribution in [0.25, 0.3) is 0 Å². The molecule has 0 radical (unpaired) electrons. The zero-order valence-corrected chi connectivity index (χ0v) is 13.1. The van der Waals surface area contributed by atoms with Gasteiger partial charge >= 0.3 is 0 Å². The minimum atomic E-state index is -3.51. The lowest BCUT2D eigenvalue weighted by molar-refractivity contribution is -0.118. The summed E-state index contributed by atoms with van der Waals surface area (Å²) in [4.78, 5) is 11.5. The van der Waals surface area contributed by atoms with Crippen molar-refractivity contribution in [2.24, 2.45) is 0 Å². The van der Waals surface area contributed by atoms with Crippen molar-refractivity contribution in [3.63, 3.8) is 0 Å². The lowest BCUT2D eigenvalue weighted by Crippen LogP contribution is -2.36. The Balaban J connectivity index is 2.28. The van der Waals surface area contributed by atoms with Crippen LogP contribution < -0.4 is 0 Å². The molecule has 1 heterocycles. The van der Waals surface area contributed by atoms with E-state index in [0.29, 0.717) is 19.4 Å². The minimum Gasteiger partial charge on any atom is -0.298 e. The van der Waals surface area contributed by atoms with Crippen molar-refractivity contribution in [2.75, 3.05) is 13.1 Å². The third-order valence-corrected chi connectivity index (χ3v) is 5.88. The van der Waals surface area contributed by atoms with Crippen LogP contribution in [0.1, 0.15) is 18.4 Å². The van der Waals surface area contributed by atoms with Gasteiger partial charge in [0.1, 0.15) is 5.78 Å². The van der Waals surface area contributed by atoms with Gasteiger partial charge in [0.25, 0.3) is 0 Å². The number of ketones is 1. The largest absolute Gasteiger partial charge is 0.298 e. The van der Waals surface area contributed by atoms with Gasteiger partial charge in [-0.3, -0.25) is 4.79 Å². The van der Waals surface area contributed by atoms with E-state index < -0.39 is 14.9 Å². The molecule has 19 heavy (non-hydrogen) atoms. The molecule has 1 aromatic carbocycles. The summed E-state index contributed by atoms with van der Waals surface area (Å²) in [5.41, 5.74) is 1.02. The summed E-state index contributed by atoms with van der Waals surface area (Å²) in [6.45, 7) is 2.51. The summed E-state index contributed by atoms with van der Waals surface area (Å²) in [5, 5.41) is 0. The molecule has 4 nitrogen and oxygen atoms in total. The SMILES string of the molecule is Cc1ccc(S(=O)(=O)N2CCCC(=O)[C@H](Br)C2)cc1. The van der Waals surface area contributed by atoms with Crippen molar-refractivity contribution in [3.05, 3.63) is 29.8 Å². The summed E-state index contributed by atoms with van der Waals surface area (Å²) in [5.74, 6) is 0.0709. The Morgan fingerprint density at radius 3 is 2.53 bits per heavy atom. The molecule has 6 heteroatoms. The molecule has 0 N–H and O–H groups in total. The highest BCUT2D eigenvalue weighted by Crippen LogP contribution is 2.22. The molecule has 0 amide bonds. The first kappa shape index (κ1) is 14.7. The molecule has 1 atom stereocenters. The van der Waals surface area contributed by atoms with Crippen molar-refractivity contribution in [1.29, 1.82) is 0 Å². The van der Waals surface area contributed by atoms with Gasteiger partial charge in [0.15, 0.2) is 0 Å². The number of carbonyl (C=O) groups is 1. The van der Waals surface area contributed by atoms with E-state index in [1.165, 1.54) is 4.31 Å². The van der Waals surface area contributed by atoms with Crippen LogP contribution in [0.5, 0.6) is 0 Å². The first-order valence-electron chi connectivity index (χ1n) is 6.15. The Labute approximate surface area is 122 Å². The van der Waals surface area contributed by atoms with E-state index in [4.69, 9.17) is 0 Å². The highest BCUT2D eigenvalue weighted by molar-refractivity contribution is 9.10. The minimum absolute atomic E-state index is 0.0709. The van der Waals surface area contributed by atoms with Gasteiger partial charge in [-0.1, -0.05) is 33.6 Å². The van der Waals surface area contributed by atoms with Gasteiger partial charge in [-0.2, -0.15) is 4.31 Å². The fraction of sp³-hybridized carbons (Fsp3) is 0.462. The van der Waals surface area contributed by atoms with E-state index in [1.807, 2.05) is 6.92 Å². The van der Waals surface area contributed by atoms with Crippen molar-refractivity contribution >= 4 is 31.7 Å². The van der Waals surface area contributed by atoms with Crippen LogP contribution in [-0.4, -0.2) is 36.4 Å². The van der Waals surface area contributed by atoms with Crippen LogP contribution in [0.2, 0.25) is 0 Å². The Morgan fingerprint density at radius 2 is 1.89 bits per heavy atom. The summed E-state index contributed by atoms with van der Waals surface area (Å²) in [7, 11) is -3.51. The highest BCUT2D eigenvalue weighted by Gasteiger charge is 2.31. The third-order valence-electron chi connectivity index (χ3n) is 3.20. The molecule has 0 bridgehead atoms. The Morgan fingerprint density at radius 1 is 1.26 bits per heavy atom. The molecule has 0 aromatic heterocycles. The number of halogens is 1. The molecular weight excluding hydrogens is 330 g/mol. The number of hydrogen-bond acceptors (Lipinski definition) is 3. The molecule has 0 saturated carbocycles. The van der Waals surface area contributed by atoms with E-state index in [9.17, 15) is 13.2 Å². The number of nitrogens with zero attached hydrogens (tertiary/aromatic N) is 1. The first-order valence-corrected chi connectivity index (χ1v) is 8.50. The van der Waals surface area contributed by atoms with Gasteiger partial charge < -0.3 is 0 Å². The summed E-state index contributed by atoms with van der Waals surface area (Å²) >= 11 is 3.27. The standard InChI is InChI=1S/C13H16BrNO3S/c1-10-4-6-11(7-5-10)19(17,18)15-8-2-3-13(16)12(14)9-15/h4-7,12H,2-3,8-9H2,1H3/t12-/m1/s1. The monoisotopic (exact) mass is 345 g/mol. The lowest BCUT2D eigenvalue weighted by Gasteiger charge is -2.21. The van der Waals surface area contributed by atoms with E-state index >= 15 is 0 Å². The molecule has 0 spiro atoms. The number of benzene rings is 1. The second kappa shape index (κ2) is 5.73. The second-order valence-corrected chi connectivity index (χ2v) is 7.76. The molecule has 104 valence electrons. The van der Waals surface area contributed by atoms with Gasteiger partial charge in [-0.05, 0) is 25.5 Å². The Hall–Kier alpha value is -0.720. The highest BCUT2D eigenvalue weighted by atomic mass is 79.9. The number of carbonyl (C=O) groups excluding carboxylic acids is 1. The molecule has 1 saturated heterocycles. The number of sulfonamides is 1. The van der Waals surface area contributed by atoms with Crippen molar-refractivity contribution in [3.8, 4) is 0 Å². The molecule has 0 aliphatic carbocycles. The van der Waals surface area contributed by atoms with Gasteiger partial charge in [-0.15, -0.1) is 0 Å². The van der Waals surface area contributed by atoms with E-state index in [1.54, 1.807) is 24.3 Å². The van der Waals surface area contributed by atoms with E-state index in [2.05, 4.69) is 15.9 Å². The van der Waals surface area contributed by atoms with Crippen molar-refractivity contribution in [1.82, 2.24) is 4.31 Å². The van der Waals surface area contributed by atoms with Crippen LogP contribution >= 0.6 is 15.9 Å². The molecule has 0 unspecified atom stereocenters. The fourth-order valence-electron chi connectivity index (χ4n) is 2.04. The number of Topliss-reactive ketones (excluding diaryl/α,β-unsaturated/α-hetero) is 1. The average molecular weight is 346 g/mol. The smallest absolute Gasteiger partial charge is 0.243 e. The molecule has 1 fully saturated rings. The predicted molar refractivity (Wildman–Crippen MR) is 76.9 cm³/mol. The van der Waals surface area contributed by atoms with Crippen molar-refractivity contribution in [2.45, 2.75) is 29.5 Å². The lowest BCUT2D eigenvalue weighted by atomic mass is 10.2. The molecular formula is C13H16BrNO3S. The van der Waals surface area contributed by atoms with Crippen LogP contribution in [0.3, 0.4) is 0 Å². The maximum atomic E-state index is 12.5. The van der Waals surface area contributed by atoms with Crippen LogP contribution in [0, 0.1) is 6.92 Å². The molecule has 1 aliphatic rings. The first-order chi connectivity index (χ1) is 8.91. The number of alkyl halides is 1. The van der Waals surface area contributed by atoms with Crippen LogP contribution in [-0.2, 0) is 14.8 Å². The fourth-order valence-corrected chi connectivity index (χ4v) is 4.30. The normalized spacial score (nSPS) is 22.2. The summed E-state index contributed by atoms with van der Waals surface area (Å²) in [6.07, 6.45) is 1.00. The van der Waals surface area contributed by atoms with E-state index in [-0.39, 0.29) is 17.2 Å². The van der Waals surface area contributed by atoms with Gasteiger partial charge in [0, 0.05) is 19.5 Å². The molecule has 1 aliphatic heterocycles.